The molecule has 0 aromatic rings. The number of aliphatic hydroxyl groups excluding tert-OH is 1. The summed E-state index contributed by atoms with van der Waals surface area (Å²) in [6.07, 6.45) is 6.46. The van der Waals surface area contributed by atoms with Gasteiger partial charge in [0.25, 0.3) is 0 Å². The van der Waals surface area contributed by atoms with Crippen LogP contribution in [-0.4, -0.2) is 11.7 Å². The zero-order chi connectivity index (χ0) is 7.82. The van der Waals surface area contributed by atoms with Crippen molar-refractivity contribution < 1.29 is 5.11 Å². The second kappa shape index (κ2) is 7.07. The van der Waals surface area contributed by atoms with Gasteiger partial charge < -0.3 is 5.11 Å². The molecule has 0 saturated carbocycles. The van der Waals surface area contributed by atoms with Crippen LogP contribution in [0.1, 0.15) is 46.0 Å². The van der Waals surface area contributed by atoms with Gasteiger partial charge in [0.05, 0.1) is 0 Å². The maximum absolute atomic E-state index is 8.69. The van der Waals surface area contributed by atoms with E-state index < -0.39 is 0 Å². The third-order valence-corrected chi connectivity index (χ3v) is 1.86. The SMILES string of the molecule is CCCCCC[C@@H](C)CO. The van der Waals surface area contributed by atoms with Crippen LogP contribution in [0.25, 0.3) is 0 Å². The molecule has 0 bridgehead atoms. The minimum atomic E-state index is 0.353. The topological polar surface area (TPSA) is 20.2 Å². The van der Waals surface area contributed by atoms with E-state index in [0.29, 0.717) is 12.5 Å². The van der Waals surface area contributed by atoms with Crippen molar-refractivity contribution in [2.75, 3.05) is 6.61 Å². The van der Waals surface area contributed by atoms with Crippen LogP contribution in [0.4, 0.5) is 0 Å². The molecule has 0 amide bonds. The fraction of sp³-hybridized carbons (Fsp3) is 1.00. The summed E-state index contributed by atoms with van der Waals surface area (Å²) in [5.41, 5.74) is 0. The highest BCUT2D eigenvalue weighted by molar-refractivity contribution is 4.50. The van der Waals surface area contributed by atoms with Crippen molar-refractivity contribution in [2.24, 2.45) is 5.92 Å². The van der Waals surface area contributed by atoms with E-state index in [1.54, 1.807) is 0 Å². The van der Waals surface area contributed by atoms with Crippen LogP contribution in [-0.2, 0) is 0 Å². The average molecular weight is 144 g/mol. The molecule has 1 atom stereocenters. The summed E-state index contributed by atoms with van der Waals surface area (Å²) in [6, 6.07) is 0. The lowest BCUT2D eigenvalue weighted by atomic mass is 10.0. The van der Waals surface area contributed by atoms with Crippen molar-refractivity contribution in [1.82, 2.24) is 0 Å². The van der Waals surface area contributed by atoms with Crippen LogP contribution in [0.2, 0.25) is 0 Å². The zero-order valence-electron chi connectivity index (χ0n) is 7.27. The number of aliphatic hydroxyl groups is 1. The molecule has 0 rings (SSSR count). The van der Waals surface area contributed by atoms with Crippen LogP contribution >= 0.6 is 0 Å². The molecule has 1 nitrogen and oxygen atoms in total. The molecule has 0 spiro atoms. The molecule has 0 aromatic carbocycles. The molecular weight excluding hydrogens is 124 g/mol. The molecule has 0 radical (unpaired) electrons. The van der Waals surface area contributed by atoms with E-state index in [9.17, 15) is 0 Å². The second-order valence-electron chi connectivity index (χ2n) is 3.14. The summed E-state index contributed by atoms with van der Waals surface area (Å²) < 4.78 is 0. The molecule has 0 fully saturated rings. The minimum Gasteiger partial charge on any atom is -0.396 e. The largest absolute Gasteiger partial charge is 0.396 e. The van der Waals surface area contributed by atoms with Gasteiger partial charge in [-0.2, -0.15) is 0 Å². The van der Waals surface area contributed by atoms with Gasteiger partial charge in [-0.25, -0.2) is 0 Å². The summed E-state index contributed by atoms with van der Waals surface area (Å²) in [4.78, 5) is 0. The summed E-state index contributed by atoms with van der Waals surface area (Å²) in [5, 5.41) is 8.69. The summed E-state index contributed by atoms with van der Waals surface area (Å²) in [6.45, 7) is 4.67. The van der Waals surface area contributed by atoms with E-state index in [-0.39, 0.29) is 0 Å². The van der Waals surface area contributed by atoms with Gasteiger partial charge in [-0.05, 0) is 12.3 Å². The molecule has 0 aliphatic heterocycles. The maximum atomic E-state index is 8.69. The molecule has 0 aliphatic carbocycles. The van der Waals surface area contributed by atoms with E-state index in [1.165, 1.54) is 32.1 Å². The van der Waals surface area contributed by atoms with Gasteiger partial charge in [-0.3, -0.25) is 0 Å². The number of rotatable bonds is 6. The fourth-order valence-electron chi connectivity index (χ4n) is 1.01. The highest BCUT2D eigenvalue weighted by Gasteiger charge is 1.97. The third kappa shape index (κ3) is 6.09. The highest BCUT2D eigenvalue weighted by atomic mass is 16.3. The van der Waals surface area contributed by atoms with E-state index in [4.69, 9.17) is 5.11 Å². The summed E-state index contributed by atoms with van der Waals surface area (Å²) in [7, 11) is 0. The number of hydrogen-bond acceptors (Lipinski definition) is 1. The summed E-state index contributed by atoms with van der Waals surface area (Å²) >= 11 is 0. The van der Waals surface area contributed by atoms with Crippen molar-refractivity contribution in [3.63, 3.8) is 0 Å². The average Bonchev–Trinajstić information content (AvgIpc) is 1.98. The maximum Gasteiger partial charge on any atom is 0.0456 e. The van der Waals surface area contributed by atoms with Crippen molar-refractivity contribution >= 4 is 0 Å². The molecule has 0 aliphatic rings. The standard InChI is InChI=1S/C9H20O/c1-3-4-5-6-7-9(2)8-10/h9-10H,3-8H2,1-2H3/t9-/m1/s1. The Morgan fingerprint density at radius 1 is 1.20 bits per heavy atom. The molecular formula is C9H20O. The molecule has 1 N–H and O–H groups in total. The Morgan fingerprint density at radius 2 is 1.90 bits per heavy atom. The predicted octanol–water partition coefficient (Wildman–Crippen LogP) is 2.59. The Morgan fingerprint density at radius 3 is 2.40 bits per heavy atom. The number of unbranched alkanes of at least 4 members (excludes halogenated alkanes) is 3. The first-order chi connectivity index (χ1) is 4.81. The lowest BCUT2D eigenvalue weighted by molar-refractivity contribution is 0.227. The van der Waals surface area contributed by atoms with E-state index in [0.717, 1.165) is 0 Å². The number of hydrogen-bond donors (Lipinski definition) is 1. The van der Waals surface area contributed by atoms with Gasteiger partial charge in [0, 0.05) is 6.61 Å². The van der Waals surface area contributed by atoms with Crippen LogP contribution in [0, 0.1) is 5.92 Å². The van der Waals surface area contributed by atoms with Crippen molar-refractivity contribution in [3.05, 3.63) is 0 Å². The molecule has 1 heteroatoms. The monoisotopic (exact) mass is 144 g/mol. The van der Waals surface area contributed by atoms with Gasteiger partial charge in [0.15, 0.2) is 0 Å². The lowest BCUT2D eigenvalue weighted by Gasteiger charge is -2.05. The predicted molar refractivity (Wildman–Crippen MR) is 45.0 cm³/mol. The van der Waals surface area contributed by atoms with E-state index >= 15 is 0 Å². The van der Waals surface area contributed by atoms with Crippen molar-refractivity contribution in [3.8, 4) is 0 Å². The van der Waals surface area contributed by atoms with Gasteiger partial charge in [0.1, 0.15) is 0 Å². The second-order valence-corrected chi connectivity index (χ2v) is 3.14. The van der Waals surface area contributed by atoms with Crippen LogP contribution in [0.3, 0.4) is 0 Å². The van der Waals surface area contributed by atoms with Gasteiger partial charge in [-0.15, -0.1) is 0 Å². The van der Waals surface area contributed by atoms with Crippen molar-refractivity contribution in [1.29, 1.82) is 0 Å². The highest BCUT2D eigenvalue weighted by Crippen LogP contribution is 2.08. The Bertz CT molecular complexity index is 61.7. The van der Waals surface area contributed by atoms with Gasteiger partial charge in [0.2, 0.25) is 0 Å². The van der Waals surface area contributed by atoms with Gasteiger partial charge in [-0.1, -0.05) is 39.5 Å². The Hall–Kier alpha value is -0.0400. The molecule has 62 valence electrons. The Kier molecular flexibility index (Phi) is 7.04. The molecule has 0 heterocycles. The van der Waals surface area contributed by atoms with Crippen LogP contribution in [0.15, 0.2) is 0 Å². The third-order valence-electron chi connectivity index (χ3n) is 1.86. The smallest absolute Gasteiger partial charge is 0.0456 e. The zero-order valence-corrected chi connectivity index (χ0v) is 7.27. The van der Waals surface area contributed by atoms with Crippen molar-refractivity contribution in [2.45, 2.75) is 46.0 Å². The lowest BCUT2D eigenvalue weighted by Crippen LogP contribution is -1.99. The first kappa shape index (κ1) is 9.96. The van der Waals surface area contributed by atoms with Crippen LogP contribution in [0.5, 0.6) is 0 Å². The summed E-state index contributed by atoms with van der Waals surface area (Å²) in [5.74, 6) is 0.511. The van der Waals surface area contributed by atoms with Gasteiger partial charge >= 0.3 is 0 Å². The molecule has 0 saturated heterocycles. The van der Waals surface area contributed by atoms with Crippen LogP contribution < -0.4 is 0 Å². The normalized spacial score (nSPS) is 13.5. The Labute approximate surface area is 64.5 Å². The molecule has 0 unspecified atom stereocenters. The molecule has 10 heavy (non-hydrogen) atoms. The first-order valence-electron chi connectivity index (χ1n) is 4.42. The van der Waals surface area contributed by atoms with E-state index in [1.807, 2.05) is 0 Å². The minimum absolute atomic E-state index is 0.353. The quantitative estimate of drug-likeness (QED) is 0.568. The Balaban J connectivity index is 2.89. The fourth-order valence-corrected chi connectivity index (χ4v) is 1.01. The molecule has 0 aromatic heterocycles. The first-order valence-corrected chi connectivity index (χ1v) is 4.42. The van der Waals surface area contributed by atoms with E-state index in [2.05, 4.69) is 13.8 Å².